The van der Waals surface area contributed by atoms with E-state index < -0.39 is 0 Å². The lowest BCUT2D eigenvalue weighted by Gasteiger charge is -2.18. The highest BCUT2D eigenvalue weighted by Crippen LogP contribution is 2.25. The molecule has 1 atom stereocenters. The van der Waals surface area contributed by atoms with Crippen molar-refractivity contribution in [3.63, 3.8) is 0 Å². The van der Waals surface area contributed by atoms with Crippen LogP contribution in [-0.2, 0) is 0 Å². The van der Waals surface area contributed by atoms with Crippen LogP contribution in [0.5, 0.6) is 0 Å². The van der Waals surface area contributed by atoms with Crippen LogP contribution in [-0.4, -0.2) is 22.1 Å². The van der Waals surface area contributed by atoms with E-state index in [1.54, 1.807) is 6.20 Å². The van der Waals surface area contributed by atoms with Crippen LogP contribution >= 0.6 is 15.9 Å². The van der Waals surface area contributed by atoms with Crippen molar-refractivity contribution in [2.24, 2.45) is 10.9 Å². The highest BCUT2D eigenvalue weighted by atomic mass is 79.9. The first-order chi connectivity index (χ1) is 9.63. The maximum Gasteiger partial charge on any atom is 0.141 e. The van der Waals surface area contributed by atoms with E-state index in [1.807, 2.05) is 24.3 Å². The first-order valence-electron chi connectivity index (χ1n) is 6.41. The molecule has 0 saturated heterocycles. The molecule has 0 bridgehead atoms. The number of benzene rings is 1. The second-order valence-electron chi connectivity index (χ2n) is 4.58. The van der Waals surface area contributed by atoms with Crippen LogP contribution in [0.25, 0.3) is 10.9 Å². The molecule has 0 amide bonds. The number of pyridine rings is 1. The molecule has 1 heterocycles. The number of nitrogens with one attached hydrogen (secondary N) is 1. The summed E-state index contributed by atoms with van der Waals surface area (Å²) in [5.74, 6) is 0.222. The molecule has 0 aliphatic carbocycles. The molecule has 0 aliphatic heterocycles. The Kier molecular flexibility index (Phi) is 4.79. The van der Waals surface area contributed by atoms with Crippen molar-refractivity contribution in [2.45, 2.75) is 25.8 Å². The standard InChI is InChI=1S/C14H17BrN4O/c1-2-11(7-13(16)19-20)18-12-5-3-4-9-6-10(15)8-17-14(9)12/h3-6,8,11,18,20H,2,7H2,1H3,(H2,16,19). The van der Waals surface area contributed by atoms with Crippen molar-refractivity contribution in [2.75, 3.05) is 5.32 Å². The lowest BCUT2D eigenvalue weighted by atomic mass is 10.1. The Balaban J connectivity index is 2.28. The molecular weight excluding hydrogens is 320 g/mol. The zero-order chi connectivity index (χ0) is 14.5. The molecule has 1 unspecified atom stereocenters. The van der Waals surface area contributed by atoms with Gasteiger partial charge < -0.3 is 16.3 Å². The number of oxime groups is 1. The van der Waals surface area contributed by atoms with E-state index in [1.165, 1.54) is 0 Å². The molecule has 5 nitrogen and oxygen atoms in total. The number of hydrogen-bond donors (Lipinski definition) is 3. The van der Waals surface area contributed by atoms with Crippen LogP contribution in [0.3, 0.4) is 0 Å². The summed E-state index contributed by atoms with van der Waals surface area (Å²) in [6, 6.07) is 8.11. The summed E-state index contributed by atoms with van der Waals surface area (Å²) in [6.07, 6.45) is 3.13. The quantitative estimate of drug-likeness (QED) is 0.338. The maximum absolute atomic E-state index is 8.67. The predicted molar refractivity (Wildman–Crippen MR) is 85.2 cm³/mol. The summed E-state index contributed by atoms with van der Waals surface area (Å²) in [5.41, 5.74) is 7.44. The van der Waals surface area contributed by atoms with Gasteiger partial charge in [-0.05, 0) is 34.5 Å². The largest absolute Gasteiger partial charge is 0.409 e. The zero-order valence-corrected chi connectivity index (χ0v) is 12.8. The van der Waals surface area contributed by atoms with Gasteiger partial charge in [-0.15, -0.1) is 0 Å². The minimum Gasteiger partial charge on any atom is -0.409 e. The molecule has 0 spiro atoms. The van der Waals surface area contributed by atoms with E-state index in [-0.39, 0.29) is 11.9 Å². The van der Waals surface area contributed by atoms with Crippen LogP contribution in [0.4, 0.5) is 5.69 Å². The van der Waals surface area contributed by atoms with E-state index in [0.29, 0.717) is 6.42 Å². The lowest BCUT2D eigenvalue weighted by Crippen LogP contribution is -2.26. The number of nitrogens with two attached hydrogens (primary N) is 1. The highest BCUT2D eigenvalue weighted by molar-refractivity contribution is 9.10. The van der Waals surface area contributed by atoms with Gasteiger partial charge in [-0.25, -0.2) is 0 Å². The van der Waals surface area contributed by atoms with Crippen molar-refractivity contribution in [3.05, 3.63) is 34.9 Å². The van der Waals surface area contributed by atoms with E-state index in [9.17, 15) is 0 Å². The topological polar surface area (TPSA) is 83.5 Å². The molecule has 106 valence electrons. The molecule has 0 saturated carbocycles. The number of nitrogens with zero attached hydrogens (tertiary/aromatic N) is 2. The Morgan fingerprint density at radius 1 is 1.55 bits per heavy atom. The van der Waals surface area contributed by atoms with Crippen molar-refractivity contribution >= 4 is 38.4 Å². The molecular formula is C14H17BrN4O. The van der Waals surface area contributed by atoms with E-state index in [0.717, 1.165) is 27.5 Å². The summed E-state index contributed by atoms with van der Waals surface area (Å²) in [5, 5.41) is 16.2. The van der Waals surface area contributed by atoms with Gasteiger partial charge in [-0.3, -0.25) is 4.98 Å². The Labute approximate surface area is 126 Å². The summed E-state index contributed by atoms with van der Waals surface area (Å²) in [6.45, 7) is 2.05. The normalized spacial score (nSPS) is 13.4. The third-order valence-electron chi connectivity index (χ3n) is 3.11. The number of halogens is 1. The molecule has 1 aromatic heterocycles. The van der Waals surface area contributed by atoms with Gasteiger partial charge in [0.2, 0.25) is 0 Å². The Morgan fingerprint density at radius 3 is 3.05 bits per heavy atom. The summed E-state index contributed by atoms with van der Waals surface area (Å²) in [4.78, 5) is 4.45. The van der Waals surface area contributed by atoms with Crippen LogP contribution < -0.4 is 11.1 Å². The van der Waals surface area contributed by atoms with E-state index in [4.69, 9.17) is 10.9 Å². The molecule has 6 heteroatoms. The number of rotatable bonds is 5. The van der Waals surface area contributed by atoms with Gasteiger partial charge in [0.1, 0.15) is 5.84 Å². The van der Waals surface area contributed by atoms with Gasteiger partial charge >= 0.3 is 0 Å². The van der Waals surface area contributed by atoms with Crippen molar-refractivity contribution < 1.29 is 5.21 Å². The number of amidine groups is 1. The predicted octanol–water partition coefficient (Wildman–Crippen LogP) is 3.32. The van der Waals surface area contributed by atoms with E-state index >= 15 is 0 Å². The van der Waals surface area contributed by atoms with Gasteiger partial charge in [-0.1, -0.05) is 24.2 Å². The SMILES string of the molecule is CCC(C/C(N)=N/O)Nc1cccc2cc(Br)cnc12. The number of para-hydroxylation sites is 1. The summed E-state index contributed by atoms with van der Waals surface area (Å²) in [7, 11) is 0. The van der Waals surface area contributed by atoms with Gasteiger partial charge in [0.15, 0.2) is 0 Å². The molecule has 20 heavy (non-hydrogen) atoms. The molecule has 0 aliphatic rings. The Morgan fingerprint density at radius 2 is 2.35 bits per heavy atom. The molecule has 0 radical (unpaired) electrons. The van der Waals surface area contributed by atoms with Gasteiger partial charge in [-0.2, -0.15) is 0 Å². The minimum absolute atomic E-state index is 0.0990. The highest BCUT2D eigenvalue weighted by Gasteiger charge is 2.11. The molecule has 1 aromatic carbocycles. The van der Waals surface area contributed by atoms with Crippen LogP contribution in [0.2, 0.25) is 0 Å². The number of anilines is 1. The third-order valence-corrected chi connectivity index (χ3v) is 3.55. The van der Waals surface area contributed by atoms with Crippen LogP contribution in [0, 0.1) is 0 Å². The monoisotopic (exact) mass is 336 g/mol. The zero-order valence-electron chi connectivity index (χ0n) is 11.2. The van der Waals surface area contributed by atoms with Gasteiger partial charge in [0, 0.05) is 28.5 Å². The maximum atomic E-state index is 8.67. The third kappa shape index (κ3) is 3.39. The molecule has 2 aromatic rings. The average molecular weight is 337 g/mol. The van der Waals surface area contributed by atoms with Crippen LogP contribution in [0.15, 0.2) is 40.1 Å². The first-order valence-corrected chi connectivity index (χ1v) is 7.20. The smallest absolute Gasteiger partial charge is 0.141 e. The fourth-order valence-electron chi connectivity index (χ4n) is 2.06. The van der Waals surface area contributed by atoms with Gasteiger partial charge in [0.25, 0.3) is 0 Å². The Bertz CT molecular complexity index is 630. The second-order valence-corrected chi connectivity index (χ2v) is 5.49. The van der Waals surface area contributed by atoms with Crippen molar-refractivity contribution in [3.8, 4) is 0 Å². The minimum atomic E-state index is 0.0990. The lowest BCUT2D eigenvalue weighted by molar-refractivity contribution is 0.316. The fourth-order valence-corrected chi connectivity index (χ4v) is 2.41. The number of aromatic nitrogens is 1. The van der Waals surface area contributed by atoms with Crippen molar-refractivity contribution in [1.29, 1.82) is 0 Å². The Hall–Kier alpha value is -1.82. The first kappa shape index (κ1) is 14.6. The molecule has 0 fully saturated rings. The van der Waals surface area contributed by atoms with Gasteiger partial charge in [0.05, 0.1) is 11.2 Å². The fraction of sp³-hybridized carbons (Fsp3) is 0.286. The van der Waals surface area contributed by atoms with E-state index in [2.05, 4.69) is 38.3 Å². The second kappa shape index (κ2) is 6.56. The molecule has 4 N–H and O–H groups in total. The average Bonchev–Trinajstić information content (AvgIpc) is 2.46. The van der Waals surface area contributed by atoms with Crippen molar-refractivity contribution in [1.82, 2.24) is 4.98 Å². The number of hydrogen-bond acceptors (Lipinski definition) is 4. The summed E-state index contributed by atoms with van der Waals surface area (Å²) < 4.78 is 0.950. The molecule has 2 rings (SSSR count). The number of fused-ring (bicyclic) bond motifs is 1. The van der Waals surface area contributed by atoms with Crippen LogP contribution in [0.1, 0.15) is 19.8 Å². The summed E-state index contributed by atoms with van der Waals surface area (Å²) >= 11 is 3.42.